The summed E-state index contributed by atoms with van der Waals surface area (Å²) in [4.78, 5) is 12.0. The van der Waals surface area contributed by atoms with Crippen LogP contribution in [0.2, 0.25) is 0 Å². The highest BCUT2D eigenvalue weighted by Crippen LogP contribution is 2.17. The van der Waals surface area contributed by atoms with Gasteiger partial charge in [-0.1, -0.05) is 36.8 Å². The maximum atomic E-state index is 12.0. The van der Waals surface area contributed by atoms with Crippen molar-refractivity contribution in [2.24, 2.45) is 0 Å². The van der Waals surface area contributed by atoms with Crippen molar-refractivity contribution in [3.8, 4) is 5.75 Å². The summed E-state index contributed by atoms with van der Waals surface area (Å²) in [5.74, 6) is 0.657. The molecule has 0 saturated heterocycles. The molecule has 2 aromatic rings. The standard InChI is InChI=1S/C19H23NO2/c1-4-10-20-19(21)16-6-5-7-18(12-16)22-13-17-11-14(2)8-9-15(17)3/h5-9,11-12H,4,10,13H2,1-3H3,(H,20,21). The molecule has 3 heteroatoms. The molecule has 0 aromatic heterocycles. The predicted molar refractivity (Wildman–Crippen MR) is 89.3 cm³/mol. The van der Waals surface area contributed by atoms with E-state index in [0.717, 1.165) is 6.42 Å². The van der Waals surface area contributed by atoms with E-state index in [9.17, 15) is 4.79 Å². The second kappa shape index (κ2) is 7.64. The fourth-order valence-electron chi connectivity index (χ4n) is 2.18. The van der Waals surface area contributed by atoms with Crippen molar-refractivity contribution >= 4 is 5.91 Å². The third-order valence-electron chi connectivity index (χ3n) is 3.53. The van der Waals surface area contributed by atoms with E-state index in [2.05, 4.69) is 37.4 Å². The number of rotatable bonds is 6. The molecule has 1 N–H and O–H groups in total. The van der Waals surface area contributed by atoms with Crippen molar-refractivity contribution in [3.63, 3.8) is 0 Å². The normalized spacial score (nSPS) is 10.3. The average molecular weight is 297 g/mol. The fraction of sp³-hybridized carbons (Fsp3) is 0.316. The smallest absolute Gasteiger partial charge is 0.251 e. The lowest BCUT2D eigenvalue weighted by Crippen LogP contribution is -2.23. The monoisotopic (exact) mass is 297 g/mol. The van der Waals surface area contributed by atoms with Crippen LogP contribution in [0.15, 0.2) is 42.5 Å². The number of benzene rings is 2. The Morgan fingerprint density at radius 1 is 1.14 bits per heavy atom. The molecule has 0 aliphatic carbocycles. The fourth-order valence-corrected chi connectivity index (χ4v) is 2.18. The molecule has 0 unspecified atom stereocenters. The molecule has 0 atom stereocenters. The molecule has 22 heavy (non-hydrogen) atoms. The third kappa shape index (κ3) is 4.35. The molecule has 2 aromatic carbocycles. The van der Waals surface area contributed by atoms with Crippen molar-refractivity contribution in [3.05, 3.63) is 64.7 Å². The largest absolute Gasteiger partial charge is 0.489 e. The van der Waals surface area contributed by atoms with E-state index in [1.165, 1.54) is 16.7 Å². The quantitative estimate of drug-likeness (QED) is 0.874. The molecular weight excluding hydrogens is 274 g/mol. The number of ether oxygens (including phenoxy) is 1. The van der Waals surface area contributed by atoms with Gasteiger partial charge in [-0.05, 0) is 49.6 Å². The second-order valence-corrected chi connectivity index (χ2v) is 5.50. The lowest BCUT2D eigenvalue weighted by Gasteiger charge is -2.11. The summed E-state index contributed by atoms with van der Waals surface area (Å²) in [7, 11) is 0. The summed E-state index contributed by atoms with van der Waals surface area (Å²) < 4.78 is 5.84. The van der Waals surface area contributed by atoms with Crippen LogP contribution >= 0.6 is 0 Å². The summed E-state index contributed by atoms with van der Waals surface area (Å²) >= 11 is 0. The van der Waals surface area contributed by atoms with Gasteiger partial charge in [0.05, 0.1) is 0 Å². The first kappa shape index (κ1) is 16.1. The summed E-state index contributed by atoms with van der Waals surface area (Å²) in [5, 5.41) is 2.87. The van der Waals surface area contributed by atoms with Gasteiger partial charge in [-0.15, -0.1) is 0 Å². The van der Waals surface area contributed by atoms with E-state index in [1.807, 2.05) is 19.1 Å². The molecule has 3 nitrogen and oxygen atoms in total. The highest BCUT2D eigenvalue weighted by molar-refractivity contribution is 5.94. The minimum Gasteiger partial charge on any atom is -0.489 e. The first-order valence-electron chi connectivity index (χ1n) is 7.67. The number of amides is 1. The minimum atomic E-state index is -0.0564. The van der Waals surface area contributed by atoms with Crippen LogP contribution in [0.4, 0.5) is 0 Å². The Morgan fingerprint density at radius 2 is 1.95 bits per heavy atom. The number of nitrogens with one attached hydrogen (secondary N) is 1. The minimum absolute atomic E-state index is 0.0564. The summed E-state index contributed by atoms with van der Waals surface area (Å²) in [5.41, 5.74) is 4.23. The predicted octanol–water partition coefficient (Wildman–Crippen LogP) is 4.02. The van der Waals surface area contributed by atoms with Crippen LogP contribution in [0.1, 0.15) is 40.4 Å². The highest BCUT2D eigenvalue weighted by atomic mass is 16.5. The third-order valence-corrected chi connectivity index (χ3v) is 3.53. The first-order valence-corrected chi connectivity index (χ1v) is 7.67. The van der Waals surface area contributed by atoms with Gasteiger partial charge in [-0.2, -0.15) is 0 Å². The van der Waals surface area contributed by atoms with Crippen LogP contribution in [0, 0.1) is 13.8 Å². The Kier molecular flexibility index (Phi) is 5.59. The Morgan fingerprint density at radius 3 is 2.73 bits per heavy atom. The molecule has 0 bridgehead atoms. The number of hydrogen-bond acceptors (Lipinski definition) is 2. The SMILES string of the molecule is CCCNC(=O)c1cccc(OCc2cc(C)ccc2C)c1. The number of aryl methyl sites for hydroxylation is 2. The molecule has 116 valence electrons. The van der Waals surface area contributed by atoms with E-state index >= 15 is 0 Å². The van der Waals surface area contributed by atoms with Crippen LogP contribution in [-0.4, -0.2) is 12.5 Å². The van der Waals surface area contributed by atoms with Gasteiger partial charge < -0.3 is 10.1 Å². The molecular formula is C19H23NO2. The van der Waals surface area contributed by atoms with E-state index in [0.29, 0.717) is 24.5 Å². The average Bonchev–Trinajstić information content (AvgIpc) is 2.53. The van der Waals surface area contributed by atoms with Gasteiger partial charge in [0.1, 0.15) is 12.4 Å². The van der Waals surface area contributed by atoms with Crippen molar-refractivity contribution < 1.29 is 9.53 Å². The van der Waals surface area contributed by atoms with Crippen LogP contribution in [0.5, 0.6) is 5.75 Å². The van der Waals surface area contributed by atoms with Gasteiger partial charge in [0.15, 0.2) is 0 Å². The molecule has 0 aliphatic heterocycles. The maximum Gasteiger partial charge on any atom is 0.251 e. The van der Waals surface area contributed by atoms with Crippen molar-refractivity contribution in [1.29, 1.82) is 0 Å². The zero-order valence-electron chi connectivity index (χ0n) is 13.5. The summed E-state index contributed by atoms with van der Waals surface area (Å²) in [6.07, 6.45) is 0.925. The van der Waals surface area contributed by atoms with E-state index in [1.54, 1.807) is 12.1 Å². The molecule has 0 fully saturated rings. The zero-order valence-corrected chi connectivity index (χ0v) is 13.5. The Labute approximate surface area is 132 Å². The van der Waals surface area contributed by atoms with Gasteiger partial charge in [-0.25, -0.2) is 0 Å². The number of hydrogen-bond donors (Lipinski definition) is 1. The highest BCUT2D eigenvalue weighted by Gasteiger charge is 2.06. The lowest BCUT2D eigenvalue weighted by molar-refractivity contribution is 0.0953. The number of carbonyl (C=O) groups is 1. The molecule has 0 radical (unpaired) electrons. The molecule has 2 rings (SSSR count). The number of carbonyl (C=O) groups excluding carboxylic acids is 1. The van der Waals surface area contributed by atoms with Gasteiger partial charge in [-0.3, -0.25) is 4.79 Å². The second-order valence-electron chi connectivity index (χ2n) is 5.50. The van der Waals surface area contributed by atoms with Gasteiger partial charge >= 0.3 is 0 Å². The Balaban J connectivity index is 2.04. The molecule has 0 aliphatic rings. The van der Waals surface area contributed by atoms with Crippen molar-refractivity contribution in [1.82, 2.24) is 5.32 Å². The van der Waals surface area contributed by atoms with Crippen LogP contribution in [0.3, 0.4) is 0 Å². The van der Waals surface area contributed by atoms with Gasteiger partial charge in [0.25, 0.3) is 5.91 Å². The van der Waals surface area contributed by atoms with E-state index in [-0.39, 0.29) is 5.91 Å². The summed E-state index contributed by atoms with van der Waals surface area (Å²) in [6, 6.07) is 13.6. The van der Waals surface area contributed by atoms with Crippen LogP contribution < -0.4 is 10.1 Å². The summed E-state index contributed by atoms with van der Waals surface area (Å²) in [6.45, 7) is 7.37. The van der Waals surface area contributed by atoms with Gasteiger partial charge in [0, 0.05) is 12.1 Å². The van der Waals surface area contributed by atoms with Crippen LogP contribution in [-0.2, 0) is 6.61 Å². The van der Waals surface area contributed by atoms with E-state index < -0.39 is 0 Å². The van der Waals surface area contributed by atoms with Crippen molar-refractivity contribution in [2.45, 2.75) is 33.8 Å². The molecule has 0 saturated carbocycles. The Hall–Kier alpha value is -2.29. The zero-order chi connectivity index (χ0) is 15.9. The van der Waals surface area contributed by atoms with Crippen molar-refractivity contribution in [2.75, 3.05) is 6.54 Å². The van der Waals surface area contributed by atoms with Crippen LogP contribution in [0.25, 0.3) is 0 Å². The van der Waals surface area contributed by atoms with Gasteiger partial charge in [0.2, 0.25) is 0 Å². The lowest BCUT2D eigenvalue weighted by atomic mass is 10.1. The molecule has 0 heterocycles. The molecule has 0 spiro atoms. The first-order chi connectivity index (χ1) is 10.6. The Bertz CT molecular complexity index is 650. The molecule has 1 amide bonds. The van der Waals surface area contributed by atoms with E-state index in [4.69, 9.17) is 4.74 Å². The topological polar surface area (TPSA) is 38.3 Å². The maximum absolute atomic E-state index is 12.0.